The molecule has 2 rings (SSSR count). The molecule has 0 aliphatic rings. The predicted octanol–water partition coefficient (Wildman–Crippen LogP) is 3.34. The minimum absolute atomic E-state index is 0.0741. The molecule has 0 radical (unpaired) electrons. The molecular formula is C10H7ClFNO2S2. The van der Waals surface area contributed by atoms with Crippen LogP contribution in [0.3, 0.4) is 0 Å². The van der Waals surface area contributed by atoms with Crippen molar-refractivity contribution in [3.63, 3.8) is 0 Å². The Morgan fingerprint density at radius 1 is 1.24 bits per heavy atom. The Balaban J connectivity index is 2.29. The maximum atomic E-state index is 12.8. The summed E-state index contributed by atoms with van der Waals surface area (Å²) in [7, 11) is -3.74. The molecule has 1 aromatic heterocycles. The fraction of sp³-hybridized carbons (Fsp3) is 0. The van der Waals surface area contributed by atoms with Crippen molar-refractivity contribution in [2.45, 2.75) is 4.21 Å². The zero-order valence-electron chi connectivity index (χ0n) is 8.35. The molecule has 0 bridgehead atoms. The quantitative estimate of drug-likeness (QED) is 0.943. The molecule has 7 heteroatoms. The third-order valence-corrected chi connectivity index (χ3v) is 4.87. The second-order valence-electron chi connectivity index (χ2n) is 3.17. The fourth-order valence-electron chi connectivity index (χ4n) is 1.20. The summed E-state index contributed by atoms with van der Waals surface area (Å²) in [6.07, 6.45) is 0. The molecule has 0 amide bonds. The van der Waals surface area contributed by atoms with Gasteiger partial charge in [0.2, 0.25) is 0 Å². The average molecular weight is 292 g/mol. The Labute approximate surface area is 107 Å². The van der Waals surface area contributed by atoms with Gasteiger partial charge in [-0.25, -0.2) is 8.42 Å². The molecule has 17 heavy (non-hydrogen) atoms. The largest absolute Gasteiger partial charge is 0.279 e. The zero-order valence-corrected chi connectivity index (χ0v) is 10.7. The summed E-state index contributed by atoms with van der Waals surface area (Å²) in [5, 5.41) is -0.126. The number of rotatable bonds is 3. The van der Waals surface area contributed by atoms with Crippen LogP contribution in [0.4, 0.5) is 10.1 Å². The highest BCUT2D eigenvalue weighted by Gasteiger charge is 2.17. The first-order valence-corrected chi connectivity index (χ1v) is 7.19. The number of benzene rings is 1. The highest BCUT2D eigenvalue weighted by atomic mass is 35.5. The zero-order chi connectivity index (χ0) is 12.5. The van der Waals surface area contributed by atoms with Crippen molar-refractivity contribution in [2.24, 2.45) is 0 Å². The summed E-state index contributed by atoms with van der Waals surface area (Å²) in [5.41, 5.74) is 0.339. The minimum Gasteiger partial charge on any atom is -0.279 e. The number of thiophene rings is 1. The van der Waals surface area contributed by atoms with E-state index in [1.54, 1.807) is 18.2 Å². The summed E-state index contributed by atoms with van der Waals surface area (Å²) in [6, 6.07) is 8.61. The van der Waals surface area contributed by atoms with Crippen LogP contribution < -0.4 is 4.72 Å². The Morgan fingerprint density at radius 3 is 2.59 bits per heavy atom. The third kappa shape index (κ3) is 2.96. The van der Waals surface area contributed by atoms with Crippen LogP contribution in [0.15, 0.2) is 40.6 Å². The van der Waals surface area contributed by atoms with Gasteiger partial charge >= 0.3 is 0 Å². The lowest BCUT2D eigenvalue weighted by atomic mass is 10.3. The fourth-order valence-corrected chi connectivity index (χ4v) is 3.44. The monoisotopic (exact) mass is 291 g/mol. The van der Waals surface area contributed by atoms with E-state index in [1.165, 1.54) is 12.1 Å². The standard InChI is InChI=1S/C10H7ClFNO2S2/c11-7-2-1-3-8(6-7)13-17(14,15)10-5-4-9(12)16-10/h1-6,13H. The van der Waals surface area contributed by atoms with Gasteiger partial charge in [0.25, 0.3) is 10.0 Å². The lowest BCUT2D eigenvalue weighted by Gasteiger charge is -2.05. The number of sulfonamides is 1. The number of anilines is 1. The number of halogens is 2. The summed E-state index contributed by atoms with van der Waals surface area (Å²) < 4.78 is 38.6. The molecule has 3 nitrogen and oxygen atoms in total. The second kappa shape index (κ2) is 4.64. The van der Waals surface area contributed by atoms with Crippen molar-refractivity contribution < 1.29 is 12.8 Å². The molecule has 0 fully saturated rings. The average Bonchev–Trinajstić information content (AvgIpc) is 2.65. The van der Waals surface area contributed by atoms with Crippen molar-refractivity contribution in [1.82, 2.24) is 0 Å². The number of hydrogen-bond donors (Lipinski definition) is 1. The van der Waals surface area contributed by atoms with E-state index in [-0.39, 0.29) is 4.21 Å². The van der Waals surface area contributed by atoms with Crippen LogP contribution in [0.2, 0.25) is 5.02 Å². The van der Waals surface area contributed by atoms with Crippen molar-refractivity contribution in [2.75, 3.05) is 4.72 Å². The summed E-state index contributed by atoms with van der Waals surface area (Å²) >= 11 is 6.30. The Hall–Kier alpha value is -1.11. The Kier molecular flexibility index (Phi) is 3.37. The Morgan fingerprint density at radius 2 is 2.00 bits per heavy atom. The molecule has 0 atom stereocenters. The second-order valence-corrected chi connectivity index (χ2v) is 6.55. The van der Waals surface area contributed by atoms with Gasteiger partial charge in [-0.2, -0.15) is 4.39 Å². The van der Waals surface area contributed by atoms with Gasteiger partial charge in [-0.15, -0.1) is 0 Å². The molecular weight excluding hydrogens is 285 g/mol. The SMILES string of the molecule is O=S(=O)(Nc1cccc(Cl)c1)c1ccc(F)s1. The van der Waals surface area contributed by atoms with E-state index in [9.17, 15) is 12.8 Å². The van der Waals surface area contributed by atoms with Gasteiger partial charge in [-0.3, -0.25) is 4.72 Å². The smallest absolute Gasteiger partial charge is 0.271 e. The molecule has 0 aliphatic heterocycles. The van der Waals surface area contributed by atoms with Crippen molar-refractivity contribution >= 4 is 38.6 Å². The van der Waals surface area contributed by atoms with Gasteiger partial charge in [-0.05, 0) is 30.3 Å². The van der Waals surface area contributed by atoms with Gasteiger partial charge in [0.1, 0.15) is 4.21 Å². The number of hydrogen-bond acceptors (Lipinski definition) is 3. The van der Waals surface area contributed by atoms with Gasteiger partial charge < -0.3 is 0 Å². The van der Waals surface area contributed by atoms with E-state index in [4.69, 9.17) is 11.6 Å². The first-order valence-electron chi connectivity index (χ1n) is 4.51. The lowest BCUT2D eigenvalue weighted by molar-refractivity contribution is 0.603. The maximum absolute atomic E-state index is 12.8. The molecule has 0 unspecified atom stereocenters. The Bertz CT molecular complexity index is 639. The van der Waals surface area contributed by atoms with Gasteiger partial charge in [-0.1, -0.05) is 29.0 Å². The first-order chi connectivity index (χ1) is 7.97. The van der Waals surface area contributed by atoms with E-state index >= 15 is 0 Å². The van der Waals surface area contributed by atoms with E-state index in [1.807, 2.05) is 0 Å². The molecule has 0 aliphatic carbocycles. The molecule has 1 aromatic carbocycles. The van der Waals surface area contributed by atoms with E-state index in [0.29, 0.717) is 22.0 Å². The molecule has 2 aromatic rings. The van der Waals surface area contributed by atoms with Gasteiger partial charge in [0, 0.05) is 5.02 Å². The molecule has 1 heterocycles. The predicted molar refractivity (Wildman–Crippen MR) is 66.5 cm³/mol. The van der Waals surface area contributed by atoms with Crippen LogP contribution >= 0.6 is 22.9 Å². The summed E-state index contributed by atoms with van der Waals surface area (Å²) in [5.74, 6) is 0. The lowest BCUT2D eigenvalue weighted by Crippen LogP contribution is -2.11. The molecule has 0 saturated heterocycles. The summed E-state index contributed by atoms with van der Waals surface area (Å²) in [4.78, 5) is 0. The van der Waals surface area contributed by atoms with Gasteiger partial charge in [0.15, 0.2) is 5.13 Å². The van der Waals surface area contributed by atoms with Crippen molar-refractivity contribution in [1.29, 1.82) is 0 Å². The van der Waals surface area contributed by atoms with Crippen LogP contribution in [0.25, 0.3) is 0 Å². The van der Waals surface area contributed by atoms with Crippen LogP contribution in [0, 0.1) is 5.13 Å². The maximum Gasteiger partial charge on any atom is 0.271 e. The van der Waals surface area contributed by atoms with E-state index < -0.39 is 15.2 Å². The highest BCUT2D eigenvalue weighted by Crippen LogP contribution is 2.24. The van der Waals surface area contributed by atoms with Crippen molar-refractivity contribution in [3.05, 3.63) is 46.6 Å². The van der Waals surface area contributed by atoms with Crippen LogP contribution in [0.5, 0.6) is 0 Å². The molecule has 90 valence electrons. The topological polar surface area (TPSA) is 46.2 Å². The normalized spacial score (nSPS) is 11.4. The van der Waals surface area contributed by atoms with Gasteiger partial charge in [0.05, 0.1) is 5.69 Å². The third-order valence-electron chi connectivity index (χ3n) is 1.89. The van der Waals surface area contributed by atoms with Crippen LogP contribution in [0.1, 0.15) is 0 Å². The van der Waals surface area contributed by atoms with Crippen molar-refractivity contribution in [3.8, 4) is 0 Å². The molecule has 0 saturated carbocycles. The molecule has 0 spiro atoms. The summed E-state index contributed by atoms with van der Waals surface area (Å²) in [6.45, 7) is 0. The minimum atomic E-state index is -3.74. The van der Waals surface area contributed by atoms with Crippen LogP contribution in [-0.2, 0) is 10.0 Å². The first kappa shape index (κ1) is 12.3. The highest BCUT2D eigenvalue weighted by molar-refractivity contribution is 7.94. The van der Waals surface area contributed by atoms with E-state index in [0.717, 1.165) is 6.07 Å². The van der Waals surface area contributed by atoms with Crippen LogP contribution in [-0.4, -0.2) is 8.42 Å². The molecule has 1 N–H and O–H groups in total. The van der Waals surface area contributed by atoms with E-state index in [2.05, 4.69) is 4.72 Å². The number of nitrogens with one attached hydrogen (secondary N) is 1.